The highest BCUT2D eigenvalue weighted by molar-refractivity contribution is 5.87. The van der Waals surface area contributed by atoms with Gasteiger partial charge in [0.1, 0.15) is 6.04 Å². The van der Waals surface area contributed by atoms with Gasteiger partial charge in [-0.15, -0.1) is 0 Å². The number of carboxylic acids is 1. The lowest BCUT2D eigenvalue weighted by Gasteiger charge is -2.19. The quantitative estimate of drug-likeness (QED) is 0.690. The molecule has 0 saturated heterocycles. The van der Waals surface area contributed by atoms with Gasteiger partial charge in [-0.25, -0.2) is 4.79 Å². The first-order chi connectivity index (χ1) is 7.65. The molecule has 0 rings (SSSR count). The Kier molecular flexibility index (Phi) is 5.64. The van der Waals surface area contributed by atoms with Gasteiger partial charge >= 0.3 is 11.9 Å². The van der Waals surface area contributed by atoms with Crippen molar-refractivity contribution in [3.63, 3.8) is 0 Å². The third-order valence-corrected chi connectivity index (χ3v) is 1.92. The van der Waals surface area contributed by atoms with Crippen molar-refractivity contribution in [1.29, 1.82) is 0 Å². The molecule has 0 aliphatic carbocycles. The second-order valence-electron chi connectivity index (χ2n) is 4.98. The van der Waals surface area contributed by atoms with Crippen molar-refractivity contribution in [3.05, 3.63) is 0 Å². The van der Waals surface area contributed by atoms with Crippen molar-refractivity contribution in [3.8, 4) is 0 Å². The molecule has 0 spiro atoms. The molecule has 0 fully saturated rings. The molecule has 17 heavy (non-hydrogen) atoms. The predicted molar refractivity (Wildman–Crippen MR) is 60.3 cm³/mol. The van der Waals surface area contributed by atoms with Crippen LogP contribution in [0.5, 0.6) is 0 Å². The third-order valence-electron chi connectivity index (χ3n) is 1.92. The lowest BCUT2D eigenvalue weighted by molar-refractivity contribution is -0.148. The zero-order valence-corrected chi connectivity index (χ0v) is 10.6. The zero-order valence-electron chi connectivity index (χ0n) is 10.6. The molecule has 1 atom stereocenters. The van der Waals surface area contributed by atoms with E-state index in [1.165, 1.54) is 0 Å². The largest absolute Gasteiger partial charge is 0.480 e. The second-order valence-corrected chi connectivity index (χ2v) is 4.98. The molecule has 2 N–H and O–H groups in total. The Morgan fingerprint density at radius 3 is 2.18 bits per heavy atom. The van der Waals surface area contributed by atoms with Crippen LogP contribution in [0.2, 0.25) is 0 Å². The molecule has 0 unspecified atom stereocenters. The molecule has 0 aromatic carbocycles. The Labute approximate surface area is 100 Å². The summed E-state index contributed by atoms with van der Waals surface area (Å²) in [6.07, 6.45) is -0.181. The Morgan fingerprint density at radius 1 is 1.29 bits per heavy atom. The SMILES string of the molecule is COC(=O)C[C@H](NC(=O)CC(C)(C)C)C(=O)O. The number of carbonyl (C=O) groups excluding carboxylic acids is 2. The van der Waals surface area contributed by atoms with Crippen LogP contribution >= 0.6 is 0 Å². The Morgan fingerprint density at radius 2 is 1.82 bits per heavy atom. The molecule has 0 heterocycles. The summed E-state index contributed by atoms with van der Waals surface area (Å²) < 4.78 is 4.36. The minimum Gasteiger partial charge on any atom is -0.480 e. The summed E-state index contributed by atoms with van der Waals surface area (Å²) in [5.74, 6) is -2.32. The summed E-state index contributed by atoms with van der Waals surface area (Å²) in [6, 6.07) is -1.24. The molecule has 98 valence electrons. The van der Waals surface area contributed by atoms with Crippen LogP contribution in [0.3, 0.4) is 0 Å². The Balaban J connectivity index is 4.41. The molecule has 6 nitrogen and oxygen atoms in total. The fourth-order valence-corrected chi connectivity index (χ4v) is 1.18. The average molecular weight is 245 g/mol. The van der Waals surface area contributed by atoms with Crippen LogP contribution in [0, 0.1) is 5.41 Å². The number of rotatable bonds is 5. The van der Waals surface area contributed by atoms with E-state index in [4.69, 9.17) is 5.11 Å². The van der Waals surface area contributed by atoms with Gasteiger partial charge in [0.05, 0.1) is 13.5 Å². The lowest BCUT2D eigenvalue weighted by Crippen LogP contribution is -2.43. The van der Waals surface area contributed by atoms with Crippen LogP contribution in [0.25, 0.3) is 0 Å². The van der Waals surface area contributed by atoms with E-state index in [1.54, 1.807) is 0 Å². The number of esters is 1. The van der Waals surface area contributed by atoms with E-state index in [1.807, 2.05) is 20.8 Å². The highest BCUT2D eigenvalue weighted by Crippen LogP contribution is 2.18. The number of aliphatic carboxylic acids is 1. The number of carbonyl (C=O) groups is 3. The van der Waals surface area contributed by atoms with Gasteiger partial charge in [-0.3, -0.25) is 9.59 Å². The number of nitrogens with one attached hydrogen (secondary N) is 1. The van der Waals surface area contributed by atoms with Crippen LogP contribution in [0.1, 0.15) is 33.6 Å². The molecule has 1 amide bonds. The van der Waals surface area contributed by atoms with E-state index in [2.05, 4.69) is 10.1 Å². The van der Waals surface area contributed by atoms with Crippen molar-refractivity contribution >= 4 is 17.8 Å². The number of amides is 1. The summed E-state index contributed by atoms with van der Waals surface area (Å²) in [5.41, 5.74) is -0.238. The summed E-state index contributed by atoms with van der Waals surface area (Å²) in [5, 5.41) is 11.1. The number of hydrogen-bond acceptors (Lipinski definition) is 4. The number of carboxylic acid groups (broad SMARTS) is 1. The Bertz CT molecular complexity index is 305. The monoisotopic (exact) mass is 245 g/mol. The molecule has 0 aromatic rings. The van der Waals surface area contributed by atoms with Crippen molar-refractivity contribution in [2.45, 2.75) is 39.7 Å². The maximum absolute atomic E-state index is 11.5. The molecule has 0 aliphatic heterocycles. The van der Waals surface area contributed by atoms with Crippen molar-refractivity contribution in [1.82, 2.24) is 5.32 Å². The van der Waals surface area contributed by atoms with Gasteiger partial charge in [-0.1, -0.05) is 20.8 Å². The zero-order chi connectivity index (χ0) is 13.6. The minimum absolute atomic E-state index is 0.192. The van der Waals surface area contributed by atoms with E-state index in [0.717, 1.165) is 7.11 Å². The fourth-order valence-electron chi connectivity index (χ4n) is 1.18. The van der Waals surface area contributed by atoms with E-state index in [-0.39, 0.29) is 18.3 Å². The van der Waals surface area contributed by atoms with Gasteiger partial charge in [-0.2, -0.15) is 0 Å². The fraction of sp³-hybridized carbons (Fsp3) is 0.727. The van der Waals surface area contributed by atoms with Crippen LogP contribution in [0.4, 0.5) is 0 Å². The lowest BCUT2D eigenvalue weighted by atomic mass is 9.92. The van der Waals surface area contributed by atoms with Gasteiger partial charge in [-0.05, 0) is 5.41 Å². The first kappa shape index (κ1) is 15.4. The normalized spacial score (nSPS) is 12.7. The molecule has 0 saturated carbocycles. The van der Waals surface area contributed by atoms with E-state index < -0.39 is 23.9 Å². The predicted octanol–water partition coefficient (Wildman–Crippen LogP) is 0.555. The molecule has 0 aromatic heterocycles. The van der Waals surface area contributed by atoms with E-state index >= 15 is 0 Å². The number of hydrogen-bond donors (Lipinski definition) is 2. The molecular weight excluding hydrogens is 226 g/mol. The smallest absolute Gasteiger partial charge is 0.326 e. The van der Waals surface area contributed by atoms with E-state index in [0.29, 0.717) is 0 Å². The van der Waals surface area contributed by atoms with Gasteiger partial charge < -0.3 is 15.2 Å². The molecule has 6 heteroatoms. The first-order valence-corrected chi connectivity index (χ1v) is 5.24. The first-order valence-electron chi connectivity index (χ1n) is 5.24. The minimum atomic E-state index is -1.25. The van der Waals surface area contributed by atoms with Crippen LogP contribution in [-0.4, -0.2) is 36.1 Å². The maximum atomic E-state index is 11.5. The van der Waals surface area contributed by atoms with Gasteiger partial charge in [0, 0.05) is 6.42 Å². The van der Waals surface area contributed by atoms with Gasteiger partial charge in [0.25, 0.3) is 0 Å². The van der Waals surface area contributed by atoms with Crippen molar-refractivity contribution in [2.24, 2.45) is 5.41 Å². The topological polar surface area (TPSA) is 92.7 Å². The average Bonchev–Trinajstić information content (AvgIpc) is 2.13. The van der Waals surface area contributed by atoms with Gasteiger partial charge in [0.2, 0.25) is 5.91 Å². The third kappa shape index (κ3) is 7.32. The summed E-state index contributed by atoms with van der Waals surface area (Å²) in [7, 11) is 1.16. The number of ether oxygens (including phenoxy) is 1. The van der Waals surface area contributed by atoms with Crippen LogP contribution < -0.4 is 5.32 Å². The summed E-state index contributed by atoms with van der Waals surface area (Å²) >= 11 is 0. The van der Waals surface area contributed by atoms with E-state index in [9.17, 15) is 14.4 Å². The summed E-state index contributed by atoms with van der Waals surface area (Å²) in [6.45, 7) is 5.59. The molecule has 0 aliphatic rings. The van der Waals surface area contributed by atoms with Crippen molar-refractivity contribution < 1.29 is 24.2 Å². The maximum Gasteiger partial charge on any atom is 0.326 e. The van der Waals surface area contributed by atoms with Crippen LogP contribution in [0.15, 0.2) is 0 Å². The Hall–Kier alpha value is -1.59. The second kappa shape index (κ2) is 6.22. The molecule has 0 radical (unpaired) electrons. The van der Waals surface area contributed by atoms with Crippen LogP contribution in [-0.2, 0) is 19.1 Å². The summed E-state index contributed by atoms with van der Waals surface area (Å²) in [4.78, 5) is 33.3. The molecule has 0 bridgehead atoms. The van der Waals surface area contributed by atoms with Crippen molar-refractivity contribution in [2.75, 3.05) is 7.11 Å². The molecular formula is C11H19NO5. The highest BCUT2D eigenvalue weighted by Gasteiger charge is 2.25. The highest BCUT2D eigenvalue weighted by atomic mass is 16.5. The number of methoxy groups -OCH3 is 1. The van der Waals surface area contributed by atoms with Gasteiger partial charge in [0.15, 0.2) is 0 Å². The standard InChI is InChI=1S/C11H19NO5/c1-11(2,3)6-8(13)12-7(10(15)16)5-9(14)17-4/h7H,5-6H2,1-4H3,(H,12,13)(H,15,16)/t7-/m0/s1.